The molecule has 0 spiro atoms. The molecular formula is C22H26N2O5S. The van der Waals surface area contributed by atoms with E-state index in [9.17, 15) is 18.0 Å². The zero-order chi connectivity index (χ0) is 21.7. The Morgan fingerprint density at radius 2 is 1.80 bits per heavy atom. The minimum absolute atomic E-state index is 0.141. The van der Waals surface area contributed by atoms with Crippen LogP contribution in [-0.4, -0.2) is 43.8 Å². The van der Waals surface area contributed by atoms with E-state index in [2.05, 4.69) is 5.32 Å². The SMILES string of the molecule is Cc1ccc(S(=O)(=O)N2CCC[C@H]2C(=O)OCC(=O)NC(C)c2ccccc2)cc1. The lowest BCUT2D eigenvalue weighted by Gasteiger charge is -2.23. The van der Waals surface area contributed by atoms with Gasteiger partial charge in [-0.1, -0.05) is 48.0 Å². The van der Waals surface area contributed by atoms with E-state index in [0.29, 0.717) is 12.8 Å². The number of hydrogen-bond donors (Lipinski definition) is 1. The van der Waals surface area contributed by atoms with Crippen molar-refractivity contribution in [2.75, 3.05) is 13.2 Å². The van der Waals surface area contributed by atoms with Crippen LogP contribution in [0.25, 0.3) is 0 Å². The Morgan fingerprint density at radius 1 is 1.13 bits per heavy atom. The van der Waals surface area contributed by atoms with Crippen molar-refractivity contribution >= 4 is 21.9 Å². The number of rotatable bonds is 7. The van der Waals surface area contributed by atoms with E-state index < -0.39 is 34.5 Å². The summed E-state index contributed by atoms with van der Waals surface area (Å²) in [6.07, 6.45) is 0.925. The fraction of sp³-hybridized carbons (Fsp3) is 0.364. The summed E-state index contributed by atoms with van der Waals surface area (Å²) in [5, 5.41) is 2.77. The maximum Gasteiger partial charge on any atom is 0.324 e. The van der Waals surface area contributed by atoms with E-state index >= 15 is 0 Å². The zero-order valence-electron chi connectivity index (χ0n) is 17.1. The van der Waals surface area contributed by atoms with E-state index in [1.165, 1.54) is 16.4 Å². The van der Waals surface area contributed by atoms with Gasteiger partial charge in [-0.15, -0.1) is 0 Å². The van der Waals surface area contributed by atoms with E-state index in [0.717, 1.165) is 11.1 Å². The summed E-state index contributed by atoms with van der Waals surface area (Å²) in [6, 6.07) is 14.8. The molecule has 160 valence electrons. The number of carbonyl (C=O) groups is 2. The van der Waals surface area contributed by atoms with Crippen molar-refractivity contribution in [3.8, 4) is 0 Å². The summed E-state index contributed by atoms with van der Waals surface area (Å²) >= 11 is 0. The van der Waals surface area contributed by atoms with E-state index in [1.807, 2.05) is 44.2 Å². The molecule has 1 N–H and O–H groups in total. The van der Waals surface area contributed by atoms with Crippen LogP contribution in [0.5, 0.6) is 0 Å². The van der Waals surface area contributed by atoms with Gasteiger partial charge < -0.3 is 10.1 Å². The van der Waals surface area contributed by atoms with Crippen molar-refractivity contribution in [1.82, 2.24) is 9.62 Å². The summed E-state index contributed by atoms with van der Waals surface area (Å²) in [7, 11) is -3.81. The molecule has 0 radical (unpaired) electrons. The molecule has 2 aromatic carbocycles. The largest absolute Gasteiger partial charge is 0.454 e. The van der Waals surface area contributed by atoms with Crippen LogP contribution in [0.4, 0.5) is 0 Å². The molecule has 1 aliphatic heterocycles. The molecule has 1 heterocycles. The van der Waals surface area contributed by atoms with Crippen LogP contribution in [0, 0.1) is 6.92 Å². The molecule has 0 aromatic heterocycles. The third-order valence-electron chi connectivity index (χ3n) is 5.13. The average molecular weight is 431 g/mol. The molecule has 1 fully saturated rings. The van der Waals surface area contributed by atoms with Gasteiger partial charge >= 0.3 is 5.97 Å². The molecule has 2 aromatic rings. The number of benzene rings is 2. The summed E-state index contributed by atoms with van der Waals surface area (Å²) in [5.41, 5.74) is 1.88. The Bertz CT molecular complexity index is 990. The number of sulfonamides is 1. The van der Waals surface area contributed by atoms with Crippen LogP contribution < -0.4 is 5.32 Å². The molecule has 0 aliphatic carbocycles. The first-order valence-electron chi connectivity index (χ1n) is 9.88. The molecular weight excluding hydrogens is 404 g/mol. The number of ether oxygens (including phenoxy) is 1. The number of carbonyl (C=O) groups excluding carboxylic acids is 2. The second-order valence-electron chi connectivity index (χ2n) is 7.39. The summed E-state index contributed by atoms with van der Waals surface area (Å²) in [6.45, 7) is 3.50. The third kappa shape index (κ3) is 5.06. The Kier molecular flexibility index (Phi) is 6.89. The van der Waals surface area contributed by atoms with Crippen LogP contribution in [0.15, 0.2) is 59.5 Å². The zero-order valence-corrected chi connectivity index (χ0v) is 17.9. The minimum atomic E-state index is -3.81. The monoisotopic (exact) mass is 430 g/mol. The molecule has 30 heavy (non-hydrogen) atoms. The predicted octanol–water partition coefficient (Wildman–Crippen LogP) is 2.57. The van der Waals surface area contributed by atoms with Crippen molar-refractivity contribution < 1.29 is 22.7 Å². The van der Waals surface area contributed by atoms with Crippen molar-refractivity contribution in [3.05, 3.63) is 65.7 Å². The van der Waals surface area contributed by atoms with Gasteiger partial charge in [-0.3, -0.25) is 9.59 Å². The van der Waals surface area contributed by atoms with Crippen molar-refractivity contribution in [2.24, 2.45) is 0 Å². The maximum atomic E-state index is 12.9. The molecule has 1 saturated heterocycles. The second-order valence-corrected chi connectivity index (χ2v) is 9.28. The maximum absolute atomic E-state index is 12.9. The van der Waals surface area contributed by atoms with Gasteiger partial charge in [-0.2, -0.15) is 4.31 Å². The molecule has 1 amide bonds. The smallest absolute Gasteiger partial charge is 0.324 e. The first-order valence-corrected chi connectivity index (χ1v) is 11.3. The molecule has 1 aliphatic rings. The van der Waals surface area contributed by atoms with Gasteiger partial charge in [0.15, 0.2) is 6.61 Å². The number of nitrogens with one attached hydrogen (secondary N) is 1. The predicted molar refractivity (Wildman–Crippen MR) is 112 cm³/mol. The molecule has 7 nitrogen and oxygen atoms in total. The highest BCUT2D eigenvalue weighted by Gasteiger charge is 2.40. The van der Waals surface area contributed by atoms with Gasteiger partial charge in [0.05, 0.1) is 10.9 Å². The van der Waals surface area contributed by atoms with Crippen LogP contribution in [-0.2, 0) is 24.3 Å². The van der Waals surface area contributed by atoms with Gasteiger partial charge in [0.2, 0.25) is 10.0 Å². The van der Waals surface area contributed by atoms with Crippen LogP contribution >= 0.6 is 0 Å². The molecule has 8 heteroatoms. The summed E-state index contributed by atoms with van der Waals surface area (Å²) < 4.78 is 32.2. The van der Waals surface area contributed by atoms with E-state index in [-0.39, 0.29) is 17.5 Å². The van der Waals surface area contributed by atoms with Crippen molar-refractivity contribution in [1.29, 1.82) is 0 Å². The highest BCUT2D eigenvalue weighted by atomic mass is 32.2. The fourth-order valence-electron chi connectivity index (χ4n) is 3.45. The van der Waals surface area contributed by atoms with Crippen LogP contribution in [0.2, 0.25) is 0 Å². The normalized spacial score (nSPS) is 18.0. The Morgan fingerprint density at radius 3 is 2.47 bits per heavy atom. The fourth-order valence-corrected chi connectivity index (χ4v) is 5.10. The molecule has 3 rings (SSSR count). The van der Waals surface area contributed by atoms with E-state index in [1.54, 1.807) is 12.1 Å². The molecule has 0 bridgehead atoms. The standard InChI is InChI=1S/C22H26N2O5S/c1-16-10-12-19(13-11-16)30(27,28)24-14-6-9-20(24)22(26)29-15-21(25)23-17(2)18-7-4-3-5-8-18/h3-5,7-8,10-13,17,20H,6,9,14-15H2,1-2H3,(H,23,25)/t17?,20-/m0/s1. The Balaban J connectivity index is 1.59. The molecule has 1 unspecified atom stereocenters. The number of esters is 1. The highest BCUT2D eigenvalue weighted by molar-refractivity contribution is 7.89. The lowest BCUT2D eigenvalue weighted by molar-refractivity contribution is -0.151. The van der Waals surface area contributed by atoms with Crippen LogP contribution in [0.3, 0.4) is 0 Å². The third-order valence-corrected chi connectivity index (χ3v) is 7.05. The first-order chi connectivity index (χ1) is 14.3. The number of hydrogen-bond acceptors (Lipinski definition) is 5. The average Bonchev–Trinajstić information content (AvgIpc) is 3.24. The van der Waals surface area contributed by atoms with Gasteiger partial charge in [-0.05, 0) is 44.4 Å². The van der Waals surface area contributed by atoms with Gasteiger partial charge in [0.1, 0.15) is 6.04 Å². The topological polar surface area (TPSA) is 92.8 Å². The summed E-state index contributed by atoms with van der Waals surface area (Å²) in [4.78, 5) is 24.8. The first kappa shape index (κ1) is 22.0. The minimum Gasteiger partial charge on any atom is -0.454 e. The lowest BCUT2D eigenvalue weighted by Crippen LogP contribution is -2.42. The summed E-state index contributed by atoms with van der Waals surface area (Å²) in [5.74, 6) is -1.14. The number of nitrogens with zero attached hydrogens (tertiary/aromatic N) is 1. The lowest BCUT2D eigenvalue weighted by atomic mass is 10.1. The Labute approximate surface area is 177 Å². The van der Waals surface area contributed by atoms with Crippen molar-refractivity contribution in [2.45, 2.75) is 43.7 Å². The number of amides is 1. The van der Waals surface area contributed by atoms with Crippen LogP contribution in [0.1, 0.15) is 36.9 Å². The number of aryl methyl sites for hydroxylation is 1. The Hall–Kier alpha value is -2.71. The molecule has 2 atom stereocenters. The quantitative estimate of drug-likeness (QED) is 0.682. The molecule has 0 saturated carbocycles. The second kappa shape index (κ2) is 9.40. The van der Waals surface area contributed by atoms with Crippen molar-refractivity contribution in [3.63, 3.8) is 0 Å². The van der Waals surface area contributed by atoms with Gasteiger partial charge in [0.25, 0.3) is 5.91 Å². The highest BCUT2D eigenvalue weighted by Crippen LogP contribution is 2.27. The van der Waals surface area contributed by atoms with E-state index in [4.69, 9.17) is 4.74 Å². The van der Waals surface area contributed by atoms with Gasteiger partial charge in [-0.25, -0.2) is 8.42 Å². The van der Waals surface area contributed by atoms with Gasteiger partial charge in [0, 0.05) is 6.54 Å².